The molecule has 2 heteroatoms. The molecule has 1 aliphatic rings. The van der Waals surface area contributed by atoms with E-state index in [4.69, 9.17) is 0 Å². The number of nitrogens with one attached hydrogen (secondary N) is 1. The van der Waals surface area contributed by atoms with Gasteiger partial charge in [-0.2, -0.15) is 0 Å². The second kappa shape index (κ2) is 8.23. The summed E-state index contributed by atoms with van der Waals surface area (Å²) < 4.78 is 0. The molecule has 0 spiro atoms. The van der Waals surface area contributed by atoms with Crippen LogP contribution in [0.4, 0.5) is 0 Å². The van der Waals surface area contributed by atoms with Crippen LogP contribution in [0, 0.1) is 0 Å². The number of rotatable bonds is 1. The summed E-state index contributed by atoms with van der Waals surface area (Å²) in [5.41, 5.74) is 4.53. The Morgan fingerprint density at radius 3 is 2.05 bits per heavy atom. The second-order valence-electron chi connectivity index (χ2n) is 5.70. The summed E-state index contributed by atoms with van der Waals surface area (Å²) in [5, 5.41) is 0. The molecule has 108 valence electrons. The molecule has 2 aromatic carbocycles. The van der Waals surface area contributed by atoms with E-state index in [1.54, 1.807) is 0 Å². The van der Waals surface area contributed by atoms with Gasteiger partial charge in [0.2, 0.25) is 0 Å². The first-order chi connectivity index (χ1) is 9.18. The fourth-order valence-corrected chi connectivity index (χ4v) is 2.59. The van der Waals surface area contributed by atoms with E-state index in [2.05, 4.69) is 75.7 Å². The van der Waals surface area contributed by atoms with E-state index in [9.17, 15) is 0 Å². The topological polar surface area (TPSA) is 4.44 Å². The maximum absolute atomic E-state index is 2.28. The van der Waals surface area contributed by atoms with E-state index in [-0.39, 0.29) is 17.0 Å². The highest BCUT2D eigenvalue weighted by Crippen LogP contribution is 2.37. The van der Waals surface area contributed by atoms with Gasteiger partial charge in [0, 0.05) is 5.92 Å². The van der Waals surface area contributed by atoms with Crippen molar-refractivity contribution in [3.8, 4) is 0 Å². The molecule has 0 saturated carbocycles. The van der Waals surface area contributed by atoms with E-state index in [0.717, 1.165) is 0 Å². The lowest BCUT2D eigenvalue weighted by Crippen LogP contribution is -3.02. The van der Waals surface area contributed by atoms with E-state index in [1.807, 2.05) is 0 Å². The van der Waals surface area contributed by atoms with Crippen molar-refractivity contribution >= 4 is 0 Å². The minimum atomic E-state index is 0. The van der Waals surface area contributed by atoms with Gasteiger partial charge < -0.3 is 21.9 Å². The average molecular weight is 334 g/mol. The molecular weight excluding hydrogens is 310 g/mol. The molecule has 1 N–H and O–H groups in total. The van der Waals surface area contributed by atoms with Gasteiger partial charge in [-0.15, -0.1) is 0 Å². The van der Waals surface area contributed by atoms with Gasteiger partial charge in [0.05, 0.1) is 21.1 Å². The predicted molar refractivity (Wildman–Crippen MR) is 81.8 cm³/mol. The number of benzene rings is 2. The first kappa shape index (κ1) is 16.9. The maximum atomic E-state index is 2.28. The number of fused-ring (bicyclic) bond motifs is 1. The third kappa shape index (κ3) is 4.46. The summed E-state index contributed by atoms with van der Waals surface area (Å²) in [6.07, 6.45) is 2.50. The van der Waals surface area contributed by atoms with Crippen molar-refractivity contribution in [1.82, 2.24) is 0 Å². The molecule has 0 aliphatic heterocycles. The first-order valence-corrected chi connectivity index (χ1v) is 7.08. The van der Waals surface area contributed by atoms with Crippen molar-refractivity contribution in [3.63, 3.8) is 0 Å². The van der Waals surface area contributed by atoms with E-state index in [1.165, 1.54) is 34.4 Å². The Balaban J connectivity index is 0.000000359. The van der Waals surface area contributed by atoms with Crippen molar-refractivity contribution in [2.45, 2.75) is 18.8 Å². The Hall–Kier alpha value is -1.12. The number of aryl methyl sites for hydroxylation is 1. The molecule has 1 aliphatic carbocycles. The molecule has 0 bridgehead atoms. The van der Waals surface area contributed by atoms with Crippen LogP contribution in [-0.4, -0.2) is 21.1 Å². The zero-order chi connectivity index (χ0) is 13.7. The van der Waals surface area contributed by atoms with E-state index < -0.39 is 0 Å². The fraction of sp³-hybridized carbons (Fsp3) is 0.333. The standard InChI is InChI=1S/C15H14.C3H9N.BrH/c1-2-6-12(7-3-1)15-11-10-13-8-4-5-9-14(13)15;1-4(2)3;/h1-9,15H,10-11H2;1-3H3;1H. The van der Waals surface area contributed by atoms with Crippen LogP contribution >= 0.6 is 0 Å². The Labute approximate surface area is 133 Å². The van der Waals surface area contributed by atoms with Gasteiger partial charge in [-0.05, 0) is 29.5 Å². The van der Waals surface area contributed by atoms with Crippen LogP contribution in [-0.2, 0) is 6.42 Å². The Kier molecular flexibility index (Phi) is 6.97. The fourth-order valence-electron chi connectivity index (χ4n) is 2.59. The molecule has 1 atom stereocenters. The maximum Gasteiger partial charge on any atom is 0.0661 e. The van der Waals surface area contributed by atoms with Gasteiger partial charge in [-0.1, -0.05) is 54.6 Å². The van der Waals surface area contributed by atoms with Crippen LogP contribution < -0.4 is 21.9 Å². The third-order valence-corrected chi connectivity index (χ3v) is 3.33. The highest BCUT2D eigenvalue weighted by Gasteiger charge is 2.22. The number of halogens is 1. The van der Waals surface area contributed by atoms with Crippen LogP contribution in [0.15, 0.2) is 54.6 Å². The van der Waals surface area contributed by atoms with Crippen molar-refractivity contribution in [2.75, 3.05) is 21.1 Å². The van der Waals surface area contributed by atoms with Gasteiger partial charge in [-0.25, -0.2) is 0 Å². The quantitative estimate of drug-likeness (QED) is 0.719. The predicted octanol–water partition coefficient (Wildman–Crippen LogP) is -0.471. The van der Waals surface area contributed by atoms with Crippen LogP contribution in [0.2, 0.25) is 0 Å². The summed E-state index contributed by atoms with van der Waals surface area (Å²) in [7, 11) is 6.25. The first-order valence-electron chi connectivity index (χ1n) is 7.08. The molecule has 1 unspecified atom stereocenters. The zero-order valence-corrected chi connectivity index (χ0v) is 14.2. The Morgan fingerprint density at radius 1 is 0.850 bits per heavy atom. The van der Waals surface area contributed by atoms with Crippen molar-refractivity contribution in [3.05, 3.63) is 71.3 Å². The molecule has 0 radical (unpaired) electrons. The largest absolute Gasteiger partial charge is 1.00 e. The minimum Gasteiger partial charge on any atom is -1.00 e. The lowest BCUT2D eigenvalue weighted by Gasteiger charge is -2.11. The Morgan fingerprint density at radius 2 is 1.40 bits per heavy atom. The molecule has 0 amide bonds. The molecule has 0 aromatic heterocycles. The third-order valence-electron chi connectivity index (χ3n) is 3.33. The molecule has 3 rings (SSSR count). The summed E-state index contributed by atoms with van der Waals surface area (Å²) in [6.45, 7) is 0. The van der Waals surface area contributed by atoms with Crippen LogP contribution in [0.5, 0.6) is 0 Å². The van der Waals surface area contributed by atoms with Crippen molar-refractivity contribution in [2.24, 2.45) is 0 Å². The van der Waals surface area contributed by atoms with Crippen LogP contribution in [0.3, 0.4) is 0 Å². The van der Waals surface area contributed by atoms with Gasteiger partial charge in [0.25, 0.3) is 0 Å². The lowest BCUT2D eigenvalue weighted by molar-refractivity contribution is -0.836. The van der Waals surface area contributed by atoms with Gasteiger partial charge in [0.15, 0.2) is 0 Å². The van der Waals surface area contributed by atoms with Crippen LogP contribution in [0.25, 0.3) is 0 Å². The highest BCUT2D eigenvalue weighted by molar-refractivity contribution is 5.41. The highest BCUT2D eigenvalue weighted by atomic mass is 79.9. The van der Waals surface area contributed by atoms with Crippen molar-refractivity contribution < 1.29 is 21.9 Å². The SMILES string of the molecule is C[NH+](C)C.[Br-].c1ccc(C2CCc3ccccc32)cc1. The summed E-state index contributed by atoms with van der Waals surface area (Å²) in [6, 6.07) is 19.7. The molecule has 0 heterocycles. The molecule has 0 saturated heterocycles. The molecule has 1 nitrogen and oxygen atoms in total. The number of quaternary nitrogens is 1. The van der Waals surface area contributed by atoms with E-state index >= 15 is 0 Å². The van der Waals surface area contributed by atoms with Gasteiger partial charge in [0.1, 0.15) is 0 Å². The monoisotopic (exact) mass is 333 g/mol. The normalized spacial score (nSPS) is 15.9. The molecule has 2 aromatic rings. The molecule has 0 fully saturated rings. The number of hydrogen-bond donors (Lipinski definition) is 1. The zero-order valence-electron chi connectivity index (χ0n) is 12.6. The van der Waals surface area contributed by atoms with E-state index in [0.29, 0.717) is 5.92 Å². The minimum absolute atomic E-state index is 0. The molecular formula is C18H24BrN. The van der Waals surface area contributed by atoms with Gasteiger partial charge in [-0.3, -0.25) is 0 Å². The van der Waals surface area contributed by atoms with Crippen LogP contribution in [0.1, 0.15) is 29.0 Å². The summed E-state index contributed by atoms with van der Waals surface area (Å²) in [4.78, 5) is 1.42. The summed E-state index contributed by atoms with van der Waals surface area (Å²) >= 11 is 0. The van der Waals surface area contributed by atoms with Gasteiger partial charge >= 0.3 is 0 Å². The average Bonchev–Trinajstić information content (AvgIpc) is 2.83. The summed E-state index contributed by atoms with van der Waals surface area (Å²) in [5.74, 6) is 0.627. The Bertz CT molecular complexity index is 505. The molecule has 20 heavy (non-hydrogen) atoms. The lowest BCUT2D eigenvalue weighted by atomic mass is 9.93. The smallest absolute Gasteiger partial charge is 0.0661 e. The number of hydrogen-bond acceptors (Lipinski definition) is 0. The second-order valence-corrected chi connectivity index (χ2v) is 5.70. The van der Waals surface area contributed by atoms with Crippen molar-refractivity contribution in [1.29, 1.82) is 0 Å².